The van der Waals surface area contributed by atoms with Crippen molar-refractivity contribution in [3.8, 4) is 0 Å². The molecule has 1 N–H and O–H groups in total. The first-order chi connectivity index (χ1) is 7.17. The van der Waals surface area contributed by atoms with Gasteiger partial charge in [-0.05, 0) is 43.1 Å². The zero-order valence-electron chi connectivity index (χ0n) is 9.19. The Balaban J connectivity index is 2.81. The summed E-state index contributed by atoms with van der Waals surface area (Å²) in [5, 5.41) is 4.30. The third-order valence-electron chi connectivity index (χ3n) is 2.34. The van der Waals surface area contributed by atoms with Crippen LogP contribution in [0.15, 0.2) is 22.7 Å². The monoisotopic (exact) mass is 289 g/mol. The molecule has 0 fully saturated rings. The fraction of sp³-hybridized carbons (Fsp3) is 0.500. The molecule has 1 atom stereocenters. The molecule has 1 rings (SSSR count). The molecule has 0 saturated carbocycles. The fourth-order valence-electron chi connectivity index (χ4n) is 1.59. The zero-order valence-corrected chi connectivity index (χ0v) is 11.5. The molecule has 15 heavy (non-hydrogen) atoms. The minimum atomic E-state index is 0.403. The molecule has 0 radical (unpaired) electrons. The fourth-order valence-corrected chi connectivity index (χ4v) is 2.48. The number of rotatable bonds is 5. The van der Waals surface area contributed by atoms with Gasteiger partial charge in [0.2, 0.25) is 0 Å². The van der Waals surface area contributed by atoms with Gasteiger partial charge >= 0.3 is 0 Å². The van der Waals surface area contributed by atoms with E-state index in [4.69, 9.17) is 11.6 Å². The van der Waals surface area contributed by atoms with Crippen LogP contribution in [0.1, 0.15) is 38.3 Å². The highest BCUT2D eigenvalue weighted by atomic mass is 79.9. The predicted octanol–water partition coefficient (Wildman–Crippen LogP) is 4.55. The molecule has 0 amide bonds. The maximum Gasteiger partial charge on any atom is 0.0420 e. The average Bonchev–Trinajstić information content (AvgIpc) is 2.17. The second kappa shape index (κ2) is 6.51. The van der Waals surface area contributed by atoms with Crippen LogP contribution in [-0.4, -0.2) is 6.54 Å². The summed E-state index contributed by atoms with van der Waals surface area (Å²) in [6.07, 6.45) is 2.23. The summed E-state index contributed by atoms with van der Waals surface area (Å²) in [5.41, 5.74) is 1.25. The van der Waals surface area contributed by atoms with Crippen molar-refractivity contribution >= 4 is 27.5 Å². The molecule has 0 aliphatic carbocycles. The van der Waals surface area contributed by atoms with Gasteiger partial charge in [0.1, 0.15) is 0 Å². The molecule has 0 saturated heterocycles. The number of halogens is 2. The van der Waals surface area contributed by atoms with Gasteiger partial charge in [0, 0.05) is 15.5 Å². The first-order valence-electron chi connectivity index (χ1n) is 5.36. The Bertz CT molecular complexity index is 294. The van der Waals surface area contributed by atoms with Gasteiger partial charge in [0.25, 0.3) is 0 Å². The van der Waals surface area contributed by atoms with E-state index in [1.54, 1.807) is 0 Å². The van der Waals surface area contributed by atoms with Gasteiger partial charge in [0.05, 0.1) is 0 Å². The van der Waals surface area contributed by atoms with Gasteiger partial charge in [-0.2, -0.15) is 0 Å². The molecule has 0 aliphatic rings. The van der Waals surface area contributed by atoms with Crippen LogP contribution in [-0.2, 0) is 0 Å². The Hall–Kier alpha value is -0.0500. The van der Waals surface area contributed by atoms with Crippen LogP contribution in [0.5, 0.6) is 0 Å². The smallest absolute Gasteiger partial charge is 0.0420 e. The number of hydrogen-bond acceptors (Lipinski definition) is 1. The molecule has 0 bridgehead atoms. The first-order valence-corrected chi connectivity index (χ1v) is 6.53. The molecule has 0 spiro atoms. The summed E-state index contributed by atoms with van der Waals surface area (Å²) < 4.78 is 1.04. The van der Waals surface area contributed by atoms with Crippen LogP contribution in [0.3, 0.4) is 0 Å². The lowest BCUT2D eigenvalue weighted by molar-refractivity contribution is 0.518. The van der Waals surface area contributed by atoms with Crippen molar-refractivity contribution in [1.29, 1.82) is 0 Å². The van der Waals surface area contributed by atoms with Crippen LogP contribution in [0.25, 0.3) is 0 Å². The van der Waals surface area contributed by atoms with Gasteiger partial charge in [-0.15, -0.1) is 0 Å². The maximum absolute atomic E-state index is 6.03. The van der Waals surface area contributed by atoms with E-state index < -0.39 is 0 Å². The molecule has 1 nitrogen and oxygen atoms in total. The quantitative estimate of drug-likeness (QED) is 0.838. The van der Waals surface area contributed by atoms with E-state index in [0.29, 0.717) is 6.04 Å². The molecule has 3 heteroatoms. The maximum atomic E-state index is 6.03. The second-order valence-corrected chi connectivity index (χ2v) is 4.97. The van der Waals surface area contributed by atoms with Gasteiger partial charge < -0.3 is 5.32 Å². The molecule has 1 unspecified atom stereocenters. The normalized spacial score (nSPS) is 12.8. The molecule has 1 aromatic rings. The predicted molar refractivity (Wildman–Crippen MR) is 70.5 cm³/mol. The minimum absolute atomic E-state index is 0.403. The summed E-state index contributed by atoms with van der Waals surface area (Å²) in [5.74, 6) is 0. The topological polar surface area (TPSA) is 12.0 Å². The average molecular weight is 291 g/mol. The van der Waals surface area contributed by atoms with Crippen LogP contribution in [0.2, 0.25) is 5.02 Å². The Kier molecular flexibility index (Phi) is 5.65. The minimum Gasteiger partial charge on any atom is -0.310 e. The molecule has 84 valence electrons. The molecule has 0 heterocycles. The third-order valence-corrected chi connectivity index (χ3v) is 3.01. The lowest BCUT2D eigenvalue weighted by Crippen LogP contribution is -2.21. The number of benzene rings is 1. The van der Waals surface area contributed by atoms with E-state index in [9.17, 15) is 0 Å². The summed E-state index contributed by atoms with van der Waals surface area (Å²) in [6.45, 7) is 5.40. The Morgan fingerprint density at radius 2 is 2.07 bits per heavy atom. The van der Waals surface area contributed by atoms with Gasteiger partial charge in [-0.25, -0.2) is 0 Å². The van der Waals surface area contributed by atoms with Crippen LogP contribution < -0.4 is 5.32 Å². The molecule has 0 aliphatic heterocycles. The van der Waals surface area contributed by atoms with E-state index in [1.807, 2.05) is 12.1 Å². The van der Waals surface area contributed by atoms with E-state index >= 15 is 0 Å². The van der Waals surface area contributed by atoms with Crippen molar-refractivity contribution in [2.24, 2.45) is 0 Å². The van der Waals surface area contributed by atoms with Crippen molar-refractivity contribution in [2.45, 2.75) is 32.7 Å². The second-order valence-electron chi connectivity index (χ2n) is 3.62. The summed E-state index contributed by atoms with van der Waals surface area (Å²) in [7, 11) is 0. The Morgan fingerprint density at radius 1 is 1.33 bits per heavy atom. The SMILES string of the molecule is CCCNC(CC)c1cc(Cl)cc(Br)c1. The van der Waals surface area contributed by atoms with Crippen molar-refractivity contribution in [2.75, 3.05) is 6.54 Å². The highest BCUT2D eigenvalue weighted by Crippen LogP contribution is 2.25. The van der Waals surface area contributed by atoms with E-state index in [0.717, 1.165) is 28.9 Å². The van der Waals surface area contributed by atoms with Gasteiger partial charge in [0.15, 0.2) is 0 Å². The number of hydrogen-bond donors (Lipinski definition) is 1. The lowest BCUT2D eigenvalue weighted by atomic mass is 10.0. The molecular weight excluding hydrogens is 273 g/mol. The highest BCUT2D eigenvalue weighted by molar-refractivity contribution is 9.10. The van der Waals surface area contributed by atoms with Gasteiger partial charge in [-0.1, -0.05) is 41.4 Å². The van der Waals surface area contributed by atoms with Crippen LogP contribution in [0, 0.1) is 0 Å². The van der Waals surface area contributed by atoms with E-state index in [2.05, 4.69) is 41.2 Å². The zero-order chi connectivity index (χ0) is 11.3. The number of nitrogens with one attached hydrogen (secondary N) is 1. The van der Waals surface area contributed by atoms with Crippen LogP contribution in [0.4, 0.5) is 0 Å². The first kappa shape index (κ1) is 13.0. The molecule has 0 aromatic heterocycles. The Morgan fingerprint density at radius 3 is 2.60 bits per heavy atom. The summed E-state index contributed by atoms with van der Waals surface area (Å²) in [6, 6.07) is 6.48. The van der Waals surface area contributed by atoms with Crippen molar-refractivity contribution in [1.82, 2.24) is 5.32 Å². The third kappa shape index (κ3) is 4.13. The molecular formula is C12H17BrClN. The van der Waals surface area contributed by atoms with Crippen molar-refractivity contribution < 1.29 is 0 Å². The van der Waals surface area contributed by atoms with E-state index in [-0.39, 0.29) is 0 Å². The summed E-state index contributed by atoms with van der Waals surface area (Å²) >= 11 is 9.49. The van der Waals surface area contributed by atoms with Crippen molar-refractivity contribution in [3.05, 3.63) is 33.3 Å². The highest BCUT2D eigenvalue weighted by Gasteiger charge is 2.09. The lowest BCUT2D eigenvalue weighted by Gasteiger charge is -2.17. The van der Waals surface area contributed by atoms with E-state index in [1.165, 1.54) is 5.56 Å². The Labute approximate surface area is 105 Å². The van der Waals surface area contributed by atoms with Gasteiger partial charge in [-0.3, -0.25) is 0 Å². The van der Waals surface area contributed by atoms with Crippen LogP contribution >= 0.6 is 27.5 Å². The van der Waals surface area contributed by atoms with Crippen molar-refractivity contribution in [3.63, 3.8) is 0 Å². The molecule has 1 aromatic carbocycles. The largest absolute Gasteiger partial charge is 0.310 e. The summed E-state index contributed by atoms with van der Waals surface area (Å²) in [4.78, 5) is 0. The standard InChI is InChI=1S/C12H17BrClN/c1-3-5-15-12(4-2)9-6-10(13)8-11(14)7-9/h6-8,12,15H,3-5H2,1-2H3.